The second kappa shape index (κ2) is 9.30. The van der Waals surface area contributed by atoms with Gasteiger partial charge in [0.15, 0.2) is 0 Å². The van der Waals surface area contributed by atoms with Crippen LogP contribution in [0.2, 0.25) is 0 Å². The molecule has 1 aliphatic rings. The molecule has 1 aliphatic heterocycles. The number of carbonyl (C=O) groups excluding carboxylic acids is 4. The first-order valence-corrected chi connectivity index (χ1v) is 7.60. The van der Waals surface area contributed by atoms with Crippen molar-refractivity contribution in [3.63, 3.8) is 0 Å². The van der Waals surface area contributed by atoms with Gasteiger partial charge < -0.3 is 10.1 Å². The molecule has 124 valence electrons. The standard InChI is InChI=1S/C15H24N2O5/c1-11-10-14(20)17(15(11)21)7-4-13(19)16-6-3-8-22-9-5-12(2)18/h11H,3-10H2,1-2H3,(H,16,19). The van der Waals surface area contributed by atoms with Crippen molar-refractivity contribution in [3.05, 3.63) is 0 Å². The molecule has 1 rings (SSSR count). The van der Waals surface area contributed by atoms with Crippen LogP contribution >= 0.6 is 0 Å². The number of carbonyl (C=O) groups is 4. The molecule has 1 saturated heterocycles. The van der Waals surface area contributed by atoms with E-state index in [0.717, 1.165) is 4.90 Å². The molecule has 0 aromatic rings. The normalized spacial score (nSPS) is 17.9. The molecule has 0 aromatic heterocycles. The predicted octanol–water partition coefficient (Wildman–Crippen LogP) is 0.274. The van der Waals surface area contributed by atoms with Gasteiger partial charge in [0, 0.05) is 44.9 Å². The molecule has 22 heavy (non-hydrogen) atoms. The summed E-state index contributed by atoms with van der Waals surface area (Å²) in [6, 6.07) is 0. The largest absolute Gasteiger partial charge is 0.381 e. The number of nitrogens with one attached hydrogen (secondary N) is 1. The highest BCUT2D eigenvalue weighted by molar-refractivity contribution is 6.03. The van der Waals surface area contributed by atoms with Gasteiger partial charge in [0.2, 0.25) is 17.7 Å². The number of rotatable bonds is 10. The van der Waals surface area contributed by atoms with Crippen molar-refractivity contribution in [2.75, 3.05) is 26.3 Å². The SMILES string of the molecule is CC(=O)CCOCCCNC(=O)CCN1C(=O)CC(C)C1=O. The third-order valence-corrected chi connectivity index (χ3v) is 3.42. The van der Waals surface area contributed by atoms with Crippen molar-refractivity contribution in [1.29, 1.82) is 0 Å². The molecule has 0 spiro atoms. The summed E-state index contributed by atoms with van der Waals surface area (Å²) in [7, 11) is 0. The summed E-state index contributed by atoms with van der Waals surface area (Å²) in [6.45, 7) is 4.72. The van der Waals surface area contributed by atoms with Gasteiger partial charge in [0.25, 0.3) is 0 Å². The second-order valence-corrected chi connectivity index (χ2v) is 5.51. The quantitative estimate of drug-likeness (QED) is 0.462. The summed E-state index contributed by atoms with van der Waals surface area (Å²) in [6.07, 6.45) is 1.42. The summed E-state index contributed by atoms with van der Waals surface area (Å²) in [5, 5.41) is 2.71. The minimum absolute atomic E-state index is 0.0913. The Balaban J connectivity index is 2.06. The van der Waals surface area contributed by atoms with Crippen LogP contribution in [0.5, 0.6) is 0 Å². The lowest BCUT2D eigenvalue weighted by atomic mass is 10.1. The van der Waals surface area contributed by atoms with Crippen LogP contribution in [0.25, 0.3) is 0 Å². The fraction of sp³-hybridized carbons (Fsp3) is 0.733. The Labute approximate surface area is 130 Å². The molecule has 7 heteroatoms. The summed E-state index contributed by atoms with van der Waals surface area (Å²) in [5.74, 6) is -0.777. The van der Waals surface area contributed by atoms with E-state index >= 15 is 0 Å². The zero-order chi connectivity index (χ0) is 16.5. The summed E-state index contributed by atoms with van der Waals surface area (Å²) in [4.78, 5) is 46.7. The van der Waals surface area contributed by atoms with Gasteiger partial charge in [-0.2, -0.15) is 0 Å². The lowest BCUT2D eigenvalue weighted by Crippen LogP contribution is -2.35. The van der Waals surface area contributed by atoms with E-state index in [1.54, 1.807) is 6.92 Å². The maximum absolute atomic E-state index is 11.7. The zero-order valence-electron chi connectivity index (χ0n) is 13.2. The van der Waals surface area contributed by atoms with E-state index in [-0.39, 0.29) is 48.8 Å². The van der Waals surface area contributed by atoms with Gasteiger partial charge >= 0.3 is 0 Å². The monoisotopic (exact) mass is 312 g/mol. The van der Waals surface area contributed by atoms with Crippen molar-refractivity contribution in [3.8, 4) is 0 Å². The highest BCUT2D eigenvalue weighted by Gasteiger charge is 2.35. The topological polar surface area (TPSA) is 92.8 Å². The molecule has 0 bridgehead atoms. The number of nitrogens with zero attached hydrogens (tertiary/aromatic N) is 1. The van der Waals surface area contributed by atoms with Crippen molar-refractivity contribution >= 4 is 23.5 Å². The molecule has 7 nitrogen and oxygen atoms in total. The highest BCUT2D eigenvalue weighted by Crippen LogP contribution is 2.18. The summed E-state index contributed by atoms with van der Waals surface area (Å²) >= 11 is 0. The molecule has 1 fully saturated rings. The van der Waals surface area contributed by atoms with Gasteiger partial charge in [-0.1, -0.05) is 6.92 Å². The highest BCUT2D eigenvalue weighted by atomic mass is 16.5. The smallest absolute Gasteiger partial charge is 0.232 e. The van der Waals surface area contributed by atoms with E-state index < -0.39 is 0 Å². The first kappa shape index (κ1) is 18.3. The van der Waals surface area contributed by atoms with E-state index in [9.17, 15) is 19.2 Å². The molecule has 1 atom stereocenters. The number of hydrogen-bond donors (Lipinski definition) is 1. The minimum Gasteiger partial charge on any atom is -0.381 e. The molecule has 0 aromatic carbocycles. The second-order valence-electron chi connectivity index (χ2n) is 5.51. The van der Waals surface area contributed by atoms with Crippen LogP contribution in [0.3, 0.4) is 0 Å². The van der Waals surface area contributed by atoms with E-state index in [1.807, 2.05) is 0 Å². The van der Waals surface area contributed by atoms with Crippen LogP contribution < -0.4 is 5.32 Å². The lowest BCUT2D eigenvalue weighted by Gasteiger charge is -2.14. The molecular weight excluding hydrogens is 288 g/mol. The average Bonchev–Trinajstić information content (AvgIpc) is 2.69. The van der Waals surface area contributed by atoms with E-state index in [2.05, 4.69) is 5.32 Å². The summed E-state index contributed by atoms with van der Waals surface area (Å²) in [5.41, 5.74) is 0. The number of ketones is 1. The predicted molar refractivity (Wildman–Crippen MR) is 78.9 cm³/mol. The number of imide groups is 1. The zero-order valence-corrected chi connectivity index (χ0v) is 13.2. The van der Waals surface area contributed by atoms with Gasteiger partial charge in [0.05, 0.1) is 6.61 Å². The summed E-state index contributed by atoms with van der Waals surface area (Å²) < 4.78 is 5.24. The van der Waals surface area contributed by atoms with Gasteiger partial charge in [-0.05, 0) is 13.3 Å². The van der Waals surface area contributed by atoms with Crippen LogP contribution in [0.1, 0.15) is 39.5 Å². The van der Waals surface area contributed by atoms with E-state index in [4.69, 9.17) is 4.74 Å². The first-order valence-electron chi connectivity index (χ1n) is 7.60. The van der Waals surface area contributed by atoms with Gasteiger partial charge in [-0.15, -0.1) is 0 Å². The fourth-order valence-corrected chi connectivity index (χ4v) is 2.10. The van der Waals surface area contributed by atoms with Crippen molar-refractivity contribution < 1.29 is 23.9 Å². The molecule has 0 saturated carbocycles. The molecule has 1 heterocycles. The Hall–Kier alpha value is -1.76. The Morgan fingerprint density at radius 2 is 2.00 bits per heavy atom. The fourth-order valence-electron chi connectivity index (χ4n) is 2.10. The number of ether oxygens (including phenoxy) is 1. The maximum Gasteiger partial charge on any atom is 0.232 e. The first-order chi connectivity index (χ1) is 10.4. The third kappa shape index (κ3) is 6.34. The molecular formula is C15H24N2O5. The molecule has 0 aliphatic carbocycles. The number of likely N-dealkylation sites (tertiary alicyclic amines) is 1. The molecule has 0 radical (unpaired) electrons. The van der Waals surface area contributed by atoms with Crippen LogP contribution in [0.4, 0.5) is 0 Å². The van der Waals surface area contributed by atoms with Crippen molar-refractivity contribution in [2.45, 2.75) is 39.5 Å². The lowest BCUT2D eigenvalue weighted by molar-refractivity contribution is -0.139. The van der Waals surface area contributed by atoms with Crippen molar-refractivity contribution in [1.82, 2.24) is 10.2 Å². The number of Topliss-reactive ketones (excluding diaryl/α,β-unsaturated/α-hetero) is 1. The van der Waals surface area contributed by atoms with Gasteiger partial charge in [-0.3, -0.25) is 24.1 Å². The van der Waals surface area contributed by atoms with Gasteiger partial charge in [0.1, 0.15) is 5.78 Å². The number of amides is 3. The Bertz CT molecular complexity index is 436. The van der Waals surface area contributed by atoms with Crippen LogP contribution in [0.15, 0.2) is 0 Å². The van der Waals surface area contributed by atoms with Gasteiger partial charge in [-0.25, -0.2) is 0 Å². The Morgan fingerprint density at radius 1 is 1.27 bits per heavy atom. The molecule has 3 amide bonds. The van der Waals surface area contributed by atoms with E-state index in [0.29, 0.717) is 32.6 Å². The third-order valence-electron chi connectivity index (χ3n) is 3.42. The van der Waals surface area contributed by atoms with Crippen LogP contribution in [0, 0.1) is 5.92 Å². The minimum atomic E-state index is -0.275. The number of hydrogen-bond acceptors (Lipinski definition) is 5. The van der Waals surface area contributed by atoms with E-state index in [1.165, 1.54) is 6.92 Å². The van der Waals surface area contributed by atoms with Crippen LogP contribution in [-0.4, -0.2) is 54.7 Å². The molecule has 1 N–H and O–H groups in total. The maximum atomic E-state index is 11.7. The Kier molecular flexibility index (Phi) is 7.73. The van der Waals surface area contributed by atoms with Crippen molar-refractivity contribution in [2.24, 2.45) is 5.92 Å². The molecule has 1 unspecified atom stereocenters. The van der Waals surface area contributed by atoms with Crippen LogP contribution in [-0.2, 0) is 23.9 Å². The Morgan fingerprint density at radius 3 is 2.59 bits per heavy atom. The average molecular weight is 312 g/mol.